The lowest BCUT2D eigenvalue weighted by Crippen LogP contribution is -2.44. The molecule has 2 aromatic rings. The van der Waals surface area contributed by atoms with Crippen molar-refractivity contribution in [1.29, 1.82) is 0 Å². The monoisotopic (exact) mass is 332 g/mol. The third-order valence-electron chi connectivity index (χ3n) is 4.08. The Balaban J connectivity index is 1.50. The zero-order valence-electron chi connectivity index (χ0n) is 13.9. The molecule has 1 aliphatic heterocycles. The molecule has 7 heteroatoms. The summed E-state index contributed by atoms with van der Waals surface area (Å²) in [7, 11) is 0. The number of aryl methyl sites for hydroxylation is 1. The first kappa shape index (κ1) is 16.9. The van der Waals surface area contributed by atoms with Crippen LogP contribution in [0.1, 0.15) is 18.9 Å². The average Bonchev–Trinajstić information content (AvgIpc) is 3.10. The molecule has 24 heavy (non-hydrogen) atoms. The van der Waals surface area contributed by atoms with E-state index in [1.807, 2.05) is 34.9 Å². The van der Waals surface area contributed by atoms with Crippen LogP contribution >= 0.6 is 0 Å². The number of morpholine rings is 1. The van der Waals surface area contributed by atoms with E-state index in [2.05, 4.69) is 22.0 Å². The summed E-state index contributed by atoms with van der Waals surface area (Å²) in [5, 5.41) is 18.4. The summed E-state index contributed by atoms with van der Waals surface area (Å²) >= 11 is 0. The van der Waals surface area contributed by atoms with E-state index in [0.717, 1.165) is 24.7 Å². The Hall–Kier alpha value is -1.96. The zero-order valence-corrected chi connectivity index (χ0v) is 13.9. The highest BCUT2D eigenvalue weighted by Crippen LogP contribution is 2.20. The van der Waals surface area contributed by atoms with Gasteiger partial charge in [-0.25, -0.2) is 0 Å². The molecule has 0 unspecified atom stereocenters. The second kappa shape index (κ2) is 8.23. The van der Waals surface area contributed by atoms with E-state index >= 15 is 0 Å². The van der Waals surface area contributed by atoms with E-state index in [-0.39, 0.29) is 12.7 Å². The van der Waals surface area contributed by atoms with Crippen LogP contribution in [0.5, 0.6) is 5.75 Å². The minimum Gasteiger partial charge on any atom is -0.491 e. The molecular weight excluding hydrogens is 308 g/mol. The molecule has 1 saturated heterocycles. The number of aromatic nitrogens is 3. The molecule has 2 heterocycles. The number of aliphatic hydroxyl groups excluding tert-OH is 1. The third-order valence-corrected chi connectivity index (χ3v) is 4.08. The van der Waals surface area contributed by atoms with Crippen LogP contribution < -0.4 is 4.74 Å². The first-order chi connectivity index (χ1) is 11.8. The molecule has 1 fully saturated rings. The number of nitrogens with zero attached hydrogens (tertiary/aromatic N) is 4. The van der Waals surface area contributed by atoms with Gasteiger partial charge in [-0.05, 0) is 19.1 Å². The molecule has 1 aliphatic rings. The molecule has 1 N–H and O–H groups in total. The summed E-state index contributed by atoms with van der Waals surface area (Å²) in [5.74, 6) is 1.62. The minimum atomic E-state index is -0.548. The molecule has 2 atom stereocenters. The van der Waals surface area contributed by atoms with Gasteiger partial charge in [0.05, 0.1) is 6.61 Å². The van der Waals surface area contributed by atoms with E-state index in [1.165, 1.54) is 0 Å². The quantitative estimate of drug-likeness (QED) is 0.819. The largest absolute Gasteiger partial charge is 0.491 e. The van der Waals surface area contributed by atoms with Gasteiger partial charge in [0.1, 0.15) is 30.9 Å². The standard InChI is InChI=1S/C17H24N4O3/c1-2-21-13-18-19-17(21)16-11-20(8-9-23-16)10-14(22)12-24-15-6-4-3-5-7-15/h3-7,13-14,16,22H,2,8-12H2,1H3/t14-,16+/m1/s1. The van der Waals surface area contributed by atoms with Crippen molar-refractivity contribution in [2.45, 2.75) is 25.7 Å². The van der Waals surface area contributed by atoms with Crippen LogP contribution in [0.3, 0.4) is 0 Å². The highest BCUT2D eigenvalue weighted by atomic mass is 16.5. The Morgan fingerprint density at radius 1 is 1.38 bits per heavy atom. The van der Waals surface area contributed by atoms with Gasteiger partial charge in [-0.3, -0.25) is 4.90 Å². The highest BCUT2D eigenvalue weighted by Gasteiger charge is 2.27. The lowest BCUT2D eigenvalue weighted by molar-refractivity contribution is -0.0508. The Bertz CT molecular complexity index is 619. The first-order valence-electron chi connectivity index (χ1n) is 8.34. The normalized spacial score (nSPS) is 20.0. The van der Waals surface area contributed by atoms with E-state index in [9.17, 15) is 5.11 Å². The van der Waals surface area contributed by atoms with Crippen molar-refractivity contribution in [1.82, 2.24) is 19.7 Å². The maximum Gasteiger partial charge on any atom is 0.163 e. The van der Waals surface area contributed by atoms with Crippen molar-refractivity contribution < 1.29 is 14.6 Å². The average molecular weight is 332 g/mol. The van der Waals surface area contributed by atoms with Crippen LogP contribution in [0.25, 0.3) is 0 Å². The molecule has 1 aromatic carbocycles. The molecule has 0 radical (unpaired) electrons. The molecule has 3 rings (SSSR count). The maximum absolute atomic E-state index is 10.2. The third kappa shape index (κ3) is 4.31. The second-order valence-electron chi connectivity index (χ2n) is 5.87. The van der Waals surface area contributed by atoms with Gasteiger partial charge >= 0.3 is 0 Å². The van der Waals surface area contributed by atoms with Gasteiger partial charge in [0.25, 0.3) is 0 Å². The Kier molecular flexibility index (Phi) is 5.79. The maximum atomic E-state index is 10.2. The van der Waals surface area contributed by atoms with Crippen LogP contribution in [-0.4, -0.2) is 63.7 Å². The second-order valence-corrected chi connectivity index (χ2v) is 5.87. The van der Waals surface area contributed by atoms with Crippen molar-refractivity contribution in [3.63, 3.8) is 0 Å². The summed E-state index contributed by atoms with van der Waals surface area (Å²) in [6, 6.07) is 9.53. The molecule has 0 bridgehead atoms. The van der Waals surface area contributed by atoms with E-state index in [4.69, 9.17) is 9.47 Å². The fraction of sp³-hybridized carbons (Fsp3) is 0.529. The molecule has 0 aliphatic carbocycles. The number of rotatable bonds is 7. The number of β-amino-alcohol motifs (C(OH)–C–C–N with tert-alkyl or cyclic N) is 1. The molecule has 1 aromatic heterocycles. The Labute approximate surface area is 141 Å². The Morgan fingerprint density at radius 3 is 3.00 bits per heavy atom. The molecule has 130 valence electrons. The molecule has 0 saturated carbocycles. The van der Waals surface area contributed by atoms with Gasteiger partial charge in [0, 0.05) is 26.2 Å². The van der Waals surface area contributed by atoms with Crippen LogP contribution in [0, 0.1) is 0 Å². The van der Waals surface area contributed by atoms with E-state index in [1.54, 1.807) is 6.33 Å². The predicted octanol–water partition coefficient (Wildman–Crippen LogP) is 1.11. The number of ether oxygens (including phenoxy) is 2. The van der Waals surface area contributed by atoms with Gasteiger partial charge in [-0.15, -0.1) is 10.2 Å². The predicted molar refractivity (Wildman–Crippen MR) is 88.8 cm³/mol. The first-order valence-corrected chi connectivity index (χ1v) is 8.34. The van der Waals surface area contributed by atoms with Crippen molar-refractivity contribution in [2.24, 2.45) is 0 Å². The van der Waals surface area contributed by atoms with Gasteiger partial charge in [-0.2, -0.15) is 0 Å². The molecule has 0 spiro atoms. The lowest BCUT2D eigenvalue weighted by atomic mass is 10.2. The lowest BCUT2D eigenvalue weighted by Gasteiger charge is -2.33. The summed E-state index contributed by atoms with van der Waals surface area (Å²) < 4.78 is 13.4. The zero-order chi connectivity index (χ0) is 16.8. The SMILES string of the molecule is CCn1cnnc1[C@@H]1CN(C[C@@H](O)COc2ccccc2)CCO1. The van der Waals surface area contributed by atoms with Gasteiger partial charge in [0.15, 0.2) is 5.82 Å². The van der Waals surface area contributed by atoms with Crippen molar-refractivity contribution in [3.05, 3.63) is 42.5 Å². The van der Waals surface area contributed by atoms with E-state index < -0.39 is 6.10 Å². The summed E-state index contributed by atoms with van der Waals surface area (Å²) in [5.41, 5.74) is 0. The van der Waals surface area contributed by atoms with Crippen LogP contribution in [0.15, 0.2) is 36.7 Å². The molecule has 7 nitrogen and oxygen atoms in total. The fourth-order valence-electron chi connectivity index (χ4n) is 2.84. The highest BCUT2D eigenvalue weighted by molar-refractivity contribution is 5.20. The number of benzene rings is 1. The van der Waals surface area contributed by atoms with Gasteiger partial charge < -0.3 is 19.1 Å². The minimum absolute atomic E-state index is 0.108. The van der Waals surface area contributed by atoms with Crippen molar-refractivity contribution in [2.75, 3.05) is 32.8 Å². The smallest absolute Gasteiger partial charge is 0.163 e. The number of hydrogen-bond acceptors (Lipinski definition) is 6. The number of hydrogen-bond donors (Lipinski definition) is 1. The number of para-hydroxylation sites is 1. The summed E-state index contributed by atoms with van der Waals surface area (Å²) in [4.78, 5) is 2.18. The van der Waals surface area contributed by atoms with E-state index in [0.29, 0.717) is 19.7 Å². The summed E-state index contributed by atoms with van der Waals surface area (Å²) in [6.45, 7) is 5.80. The van der Waals surface area contributed by atoms with Crippen LogP contribution in [0.4, 0.5) is 0 Å². The van der Waals surface area contributed by atoms with Gasteiger partial charge in [0.2, 0.25) is 0 Å². The summed E-state index contributed by atoms with van der Waals surface area (Å²) in [6.07, 6.45) is 1.07. The Morgan fingerprint density at radius 2 is 2.21 bits per heavy atom. The fourth-order valence-corrected chi connectivity index (χ4v) is 2.84. The van der Waals surface area contributed by atoms with Crippen LogP contribution in [-0.2, 0) is 11.3 Å². The van der Waals surface area contributed by atoms with Gasteiger partial charge in [-0.1, -0.05) is 18.2 Å². The van der Waals surface area contributed by atoms with Crippen molar-refractivity contribution in [3.8, 4) is 5.75 Å². The molecular formula is C17H24N4O3. The molecule has 0 amide bonds. The topological polar surface area (TPSA) is 72.6 Å². The van der Waals surface area contributed by atoms with Crippen LogP contribution in [0.2, 0.25) is 0 Å². The number of aliphatic hydroxyl groups is 1. The van der Waals surface area contributed by atoms with Crippen molar-refractivity contribution >= 4 is 0 Å².